The number of benzene rings is 1. The van der Waals surface area contributed by atoms with Gasteiger partial charge in [0.1, 0.15) is 22.6 Å². The summed E-state index contributed by atoms with van der Waals surface area (Å²) in [6.45, 7) is 0.0940. The first kappa shape index (κ1) is 14.3. The maximum Gasteiger partial charge on any atom is 0.150 e. The predicted octanol–water partition coefficient (Wildman–Crippen LogP) is 4.93. The van der Waals surface area contributed by atoms with Crippen LogP contribution in [-0.4, -0.2) is 4.98 Å². The summed E-state index contributed by atoms with van der Waals surface area (Å²) >= 11 is 17.4. The molecule has 0 saturated heterocycles. The van der Waals surface area contributed by atoms with Crippen LogP contribution in [-0.2, 0) is 6.54 Å². The van der Waals surface area contributed by atoms with Crippen LogP contribution in [0.3, 0.4) is 0 Å². The molecule has 1 heterocycles. The lowest BCUT2D eigenvalue weighted by Gasteiger charge is -2.09. The van der Waals surface area contributed by atoms with Crippen molar-refractivity contribution >= 4 is 40.6 Å². The van der Waals surface area contributed by atoms with E-state index in [0.29, 0.717) is 0 Å². The summed E-state index contributed by atoms with van der Waals surface area (Å²) in [4.78, 5) is 3.93. The van der Waals surface area contributed by atoms with E-state index in [9.17, 15) is 8.78 Å². The van der Waals surface area contributed by atoms with Gasteiger partial charge in [-0.2, -0.15) is 0 Å². The molecule has 2 nitrogen and oxygen atoms in total. The number of nitrogens with one attached hydrogen (secondary N) is 1. The molecule has 7 heteroatoms. The van der Waals surface area contributed by atoms with Gasteiger partial charge in [-0.1, -0.05) is 40.9 Å². The Balaban J connectivity index is 2.16. The molecule has 0 aliphatic heterocycles. The molecular weight excluding hydrogens is 317 g/mol. The monoisotopic (exact) mass is 322 g/mol. The zero-order valence-corrected chi connectivity index (χ0v) is 11.6. The average Bonchev–Trinajstić information content (AvgIpc) is 2.34. The molecule has 0 saturated carbocycles. The Hall–Kier alpha value is -1.10. The largest absolute Gasteiger partial charge is 0.365 e. The minimum absolute atomic E-state index is 0.0909. The van der Waals surface area contributed by atoms with E-state index in [0.717, 1.165) is 6.07 Å². The summed E-state index contributed by atoms with van der Waals surface area (Å²) < 4.78 is 26.2. The number of hydrogen-bond donors (Lipinski definition) is 1. The first-order valence-corrected chi connectivity index (χ1v) is 6.30. The number of rotatable bonds is 3. The van der Waals surface area contributed by atoms with E-state index < -0.39 is 11.6 Å². The van der Waals surface area contributed by atoms with Gasteiger partial charge in [0.15, 0.2) is 0 Å². The van der Waals surface area contributed by atoms with Gasteiger partial charge in [-0.15, -0.1) is 0 Å². The van der Waals surface area contributed by atoms with E-state index in [1.165, 1.54) is 18.2 Å². The zero-order chi connectivity index (χ0) is 14.0. The number of pyridine rings is 1. The van der Waals surface area contributed by atoms with Gasteiger partial charge in [0, 0.05) is 18.2 Å². The van der Waals surface area contributed by atoms with Gasteiger partial charge in [-0.3, -0.25) is 0 Å². The Morgan fingerprint density at radius 1 is 1.05 bits per heavy atom. The molecule has 1 aromatic heterocycles. The number of nitrogens with zero attached hydrogens (tertiary/aromatic N) is 1. The lowest BCUT2D eigenvalue weighted by atomic mass is 10.2. The van der Waals surface area contributed by atoms with E-state index in [-0.39, 0.29) is 33.1 Å². The fourth-order valence-corrected chi connectivity index (χ4v) is 1.98. The normalized spacial score (nSPS) is 10.6. The Morgan fingerprint density at radius 3 is 2.47 bits per heavy atom. The molecule has 100 valence electrons. The molecule has 0 bridgehead atoms. The van der Waals surface area contributed by atoms with Gasteiger partial charge in [0.2, 0.25) is 0 Å². The molecule has 0 radical (unpaired) electrons. The highest BCUT2D eigenvalue weighted by atomic mass is 35.5. The average molecular weight is 324 g/mol. The van der Waals surface area contributed by atoms with Crippen molar-refractivity contribution in [3.05, 3.63) is 56.7 Å². The van der Waals surface area contributed by atoms with Crippen molar-refractivity contribution in [2.24, 2.45) is 0 Å². The highest BCUT2D eigenvalue weighted by molar-refractivity contribution is 6.42. The third kappa shape index (κ3) is 3.47. The highest BCUT2D eigenvalue weighted by Crippen LogP contribution is 2.29. The second-order valence-corrected chi connectivity index (χ2v) is 4.85. The Labute approximate surface area is 123 Å². The quantitative estimate of drug-likeness (QED) is 0.810. The lowest BCUT2D eigenvalue weighted by molar-refractivity contribution is 0.574. The maximum atomic E-state index is 13.4. The van der Waals surface area contributed by atoms with Crippen molar-refractivity contribution < 1.29 is 8.78 Å². The van der Waals surface area contributed by atoms with Crippen LogP contribution in [0.15, 0.2) is 24.3 Å². The van der Waals surface area contributed by atoms with Gasteiger partial charge < -0.3 is 5.32 Å². The molecule has 0 aliphatic rings. The van der Waals surface area contributed by atoms with Crippen LogP contribution in [0.25, 0.3) is 0 Å². The van der Waals surface area contributed by atoms with Crippen molar-refractivity contribution in [2.75, 3.05) is 5.32 Å². The topological polar surface area (TPSA) is 24.9 Å². The first-order valence-electron chi connectivity index (χ1n) is 5.16. The molecule has 0 atom stereocenters. The number of aromatic nitrogens is 1. The van der Waals surface area contributed by atoms with Gasteiger partial charge in [-0.05, 0) is 12.1 Å². The van der Waals surface area contributed by atoms with E-state index in [1.807, 2.05) is 0 Å². The maximum absolute atomic E-state index is 13.4. The van der Waals surface area contributed by atoms with Crippen LogP contribution >= 0.6 is 34.8 Å². The summed E-state index contributed by atoms with van der Waals surface area (Å²) in [6, 6.07) is 4.75. The van der Waals surface area contributed by atoms with Gasteiger partial charge >= 0.3 is 0 Å². The molecule has 0 fully saturated rings. The Kier molecular flexibility index (Phi) is 4.45. The fourth-order valence-electron chi connectivity index (χ4n) is 1.41. The van der Waals surface area contributed by atoms with Crippen molar-refractivity contribution in [3.8, 4) is 0 Å². The molecule has 0 unspecified atom stereocenters. The number of anilines is 1. The highest BCUT2D eigenvalue weighted by Gasteiger charge is 2.09. The molecule has 1 aromatic carbocycles. The smallest absolute Gasteiger partial charge is 0.150 e. The van der Waals surface area contributed by atoms with Crippen LogP contribution in [0.2, 0.25) is 15.2 Å². The van der Waals surface area contributed by atoms with Crippen LogP contribution < -0.4 is 5.32 Å². The molecular formula is C12H7Cl3F2N2. The second-order valence-electron chi connectivity index (χ2n) is 3.68. The minimum Gasteiger partial charge on any atom is -0.365 e. The van der Waals surface area contributed by atoms with Crippen LogP contribution in [0.1, 0.15) is 5.56 Å². The van der Waals surface area contributed by atoms with Crippen molar-refractivity contribution in [2.45, 2.75) is 6.54 Å². The summed E-state index contributed by atoms with van der Waals surface area (Å²) in [5.41, 5.74) is 0.283. The lowest BCUT2D eigenvalue weighted by Crippen LogP contribution is -2.04. The minimum atomic E-state index is -0.649. The van der Waals surface area contributed by atoms with Crippen LogP contribution in [0.4, 0.5) is 14.6 Å². The van der Waals surface area contributed by atoms with Gasteiger partial charge in [0.05, 0.1) is 10.0 Å². The van der Waals surface area contributed by atoms with Crippen molar-refractivity contribution in [1.82, 2.24) is 4.98 Å². The molecule has 19 heavy (non-hydrogen) atoms. The zero-order valence-electron chi connectivity index (χ0n) is 9.35. The van der Waals surface area contributed by atoms with Crippen LogP contribution in [0, 0.1) is 11.6 Å². The second kappa shape index (κ2) is 5.90. The summed E-state index contributed by atoms with van der Waals surface area (Å²) in [5, 5.41) is 3.39. The fraction of sp³-hybridized carbons (Fsp3) is 0.0833. The van der Waals surface area contributed by atoms with Crippen molar-refractivity contribution in [1.29, 1.82) is 0 Å². The Morgan fingerprint density at radius 2 is 1.79 bits per heavy atom. The van der Waals surface area contributed by atoms with E-state index >= 15 is 0 Å². The van der Waals surface area contributed by atoms with Gasteiger partial charge in [0.25, 0.3) is 0 Å². The molecule has 0 amide bonds. The number of hydrogen-bond acceptors (Lipinski definition) is 2. The molecule has 0 spiro atoms. The third-order valence-corrected chi connectivity index (χ3v) is 3.31. The summed E-state index contributed by atoms with van der Waals surface area (Å²) in [5.74, 6) is -1.00. The first-order chi connectivity index (χ1) is 8.97. The summed E-state index contributed by atoms with van der Waals surface area (Å²) in [7, 11) is 0. The summed E-state index contributed by atoms with van der Waals surface area (Å²) in [6.07, 6.45) is 0. The predicted molar refractivity (Wildman–Crippen MR) is 73.0 cm³/mol. The molecule has 2 aromatic rings. The molecule has 1 N–H and O–H groups in total. The van der Waals surface area contributed by atoms with Crippen molar-refractivity contribution in [3.63, 3.8) is 0 Å². The van der Waals surface area contributed by atoms with Gasteiger partial charge in [-0.25, -0.2) is 13.8 Å². The van der Waals surface area contributed by atoms with E-state index in [4.69, 9.17) is 34.8 Å². The van der Waals surface area contributed by atoms with E-state index in [1.54, 1.807) is 0 Å². The molecule has 2 rings (SSSR count). The van der Waals surface area contributed by atoms with E-state index in [2.05, 4.69) is 10.3 Å². The number of halogens is 5. The SMILES string of the molecule is Fc1ccc(CNc2nc(Cl)c(Cl)cc2Cl)c(F)c1. The van der Waals surface area contributed by atoms with Crippen LogP contribution in [0.5, 0.6) is 0 Å². The Bertz CT molecular complexity index is 620. The third-order valence-electron chi connectivity index (χ3n) is 2.35. The molecule has 0 aliphatic carbocycles. The standard InChI is InChI=1S/C12H7Cl3F2N2/c13-8-4-9(14)12(19-11(8)15)18-5-6-1-2-7(16)3-10(6)17/h1-4H,5H2,(H,18,19).